The maximum Gasteiger partial charge on any atom is 0.303 e. The van der Waals surface area contributed by atoms with E-state index in [0.29, 0.717) is 18.1 Å². The minimum Gasteiger partial charge on any atom is -0.481 e. The second-order valence-electron chi connectivity index (χ2n) is 4.52. The predicted octanol–water partition coefficient (Wildman–Crippen LogP) is 1.88. The number of amides is 1. The van der Waals surface area contributed by atoms with Gasteiger partial charge in [0.1, 0.15) is 0 Å². The predicted molar refractivity (Wildman–Crippen MR) is 77.4 cm³/mol. The van der Waals surface area contributed by atoms with Crippen molar-refractivity contribution in [3.8, 4) is 0 Å². The quantitative estimate of drug-likeness (QED) is 0.805. The van der Waals surface area contributed by atoms with Gasteiger partial charge in [-0.2, -0.15) is 0 Å². The highest BCUT2D eigenvalue weighted by atomic mass is 35.5. The molecule has 0 saturated heterocycles. The third-order valence-corrected chi connectivity index (χ3v) is 3.18. The van der Waals surface area contributed by atoms with E-state index in [-0.39, 0.29) is 18.7 Å². The molecule has 0 saturated carbocycles. The summed E-state index contributed by atoms with van der Waals surface area (Å²) in [6.45, 7) is 2.77. The Morgan fingerprint density at radius 1 is 1.45 bits per heavy atom. The van der Waals surface area contributed by atoms with Gasteiger partial charge in [0, 0.05) is 24.5 Å². The number of carbonyl (C=O) groups is 2. The van der Waals surface area contributed by atoms with Gasteiger partial charge in [0.15, 0.2) is 0 Å². The molecule has 0 fully saturated rings. The van der Waals surface area contributed by atoms with E-state index in [1.807, 2.05) is 19.1 Å². The van der Waals surface area contributed by atoms with Crippen LogP contribution in [0.15, 0.2) is 24.3 Å². The van der Waals surface area contributed by atoms with Gasteiger partial charge in [0.25, 0.3) is 0 Å². The third-order valence-electron chi connectivity index (χ3n) is 2.94. The average molecular weight is 299 g/mol. The van der Waals surface area contributed by atoms with Crippen LogP contribution in [0, 0.1) is 0 Å². The zero-order chi connectivity index (χ0) is 15.1. The lowest BCUT2D eigenvalue weighted by Gasteiger charge is -2.24. The summed E-state index contributed by atoms with van der Waals surface area (Å²) in [5.74, 6) is -1.19. The second-order valence-corrected chi connectivity index (χ2v) is 4.96. The van der Waals surface area contributed by atoms with Crippen LogP contribution in [0.4, 0.5) is 0 Å². The standard InChI is InChI=1S/C14H19ClN2O3/c1-2-17(9-10-4-3-5-11(15)8-10)14(20)12(16)6-7-13(18)19/h3-5,8,12H,2,6-7,9,16H2,1H3,(H,18,19). The summed E-state index contributed by atoms with van der Waals surface area (Å²) >= 11 is 5.90. The molecule has 1 unspecified atom stereocenters. The van der Waals surface area contributed by atoms with Gasteiger partial charge in [-0.15, -0.1) is 0 Å². The first-order valence-electron chi connectivity index (χ1n) is 6.44. The van der Waals surface area contributed by atoms with Crippen molar-refractivity contribution in [2.24, 2.45) is 5.73 Å². The van der Waals surface area contributed by atoms with Gasteiger partial charge in [-0.25, -0.2) is 0 Å². The van der Waals surface area contributed by atoms with Gasteiger partial charge < -0.3 is 15.7 Å². The fourth-order valence-electron chi connectivity index (χ4n) is 1.84. The highest BCUT2D eigenvalue weighted by molar-refractivity contribution is 6.30. The summed E-state index contributed by atoms with van der Waals surface area (Å²) in [6.07, 6.45) is 0.0296. The number of hydrogen-bond donors (Lipinski definition) is 2. The largest absolute Gasteiger partial charge is 0.481 e. The van der Waals surface area contributed by atoms with Gasteiger partial charge in [-0.3, -0.25) is 9.59 Å². The van der Waals surface area contributed by atoms with E-state index in [0.717, 1.165) is 5.56 Å². The van der Waals surface area contributed by atoms with E-state index >= 15 is 0 Å². The molecule has 20 heavy (non-hydrogen) atoms. The number of aliphatic carboxylic acids is 1. The molecule has 0 spiro atoms. The highest BCUT2D eigenvalue weighted by Gasteiger charge is 2.20. The minimum absolute atomic E-state index is 0.109. The molecule has 1 atom stereocenters. The van der Waals surface area contributed by atoms with E-state index in [4.69, 9.17) is 22.4 Å². The second kappa shape index (κ2) is 7.87. The lowest BCUT2D eigenvalue weighted by molar-refractivity contribution is -0.137. The van der Waals surface area contributed by atoms with Crippen molar-refractivity contribution in [1.29, 1.82) is 0 Å². The molecule has 1 rings (SSSR count). The molecule has 0 aliphatic carbocycles. The molecule has 0 aliphatic heterocycles. The van der Waals surface area contributed by atoms with E-state index < -0.39 is 12.0 Å². The molecular formula is C14H19ClN2O3. The molecule has 0 aliphatic rings. The van der Waals surface area contributed by atoms with Crippen LogP contribution in [-0.2, 0) is 16.1 Å². The SMILES string of the molecule is CCN(Cc1cccc(Cl)c1)C(=O)C(N)CCC(=O)O. The number of benzene rings is 1. The number of carboxylic acid groups (broad SMARTS) is 1. The van der Waals surface area contributed by atoms with Crippen LogP contribution in [0.1, 0.15) is 25.3 Å². The molecular weight excluding hydrogens is 280 g/mol. The Labute approximate surface area is 123 Å². The molecule has 6 heteroatoms. The van der Waals surface area contributed by atoms with E-state index in [1.165, 1.54) is 0 Å². The van der Waals surface area contributed by atoms with Crippen LogP contribution in [0.3, 0.4) is 0 Å². The number of rotatable bonds is 7. The number of nitrogens with zero attached hydrogens (tertiary/aromatic N) is 1. The molecule has 1 aromatic carbocycles. The Bertz CT molecular complexity index is 479. The van der Waals surface area contributed by atoms with E-state index in [1.54, 1.807) is 17.0 Å². The maximum atomic E-state index is 12.2. The Morgan fingerprint density at radius 3 is 2.70 bits per heavy atom. The number of nitrogens with two attached hydrogens (primary N) is 1. The number of carbonyl (C=O) groups excluding carboxylic acids is 1. The Kier molecular flexibility index (Phi) is 6.48. The van der Waals surface area contributed by atoms with Crippen LogP contribution in [0.25, 0.3) is 0 Å². The summed E-state index contributed by atoms with van der Waals surface area (Å²) in [5.41, 5.74) is 6.66. The maximum absolute atomic E-state index is 12.2. The number of halogens is 1. The number of likely N-dealkylation sites (N-methyl/N-ethyl adjacent to an activating group) is 1. The molecule has 3 N–H and O–H groups in total. The fraction of sp³-hybridized carbons (Fsp3) is 0.429. The van der Waals surface area contributed by atoms with Crippen molar-refractivity contribution in [3.63, 3.8) is 0 Å². The van der Waals surface area contributed by atoms with Crippen molar-refractivity contribution < 1.29 is 14.7 Å². The summed E-state index contributed by atoms with van der Waals surface area (Å²) in [4.78, 5) is 24.2. The third kappa shape index (κ3) is 5.19. The van der Waals surface area contributed by atoms with Gasteiger partial charge in [0.2, 0.25) is 5.91 Å². The Balaban J connectivity index is 2.65. The van der Waals surface area contributed by atoms with Crippen LogP contribution < -0.4 is 5.73 Å². The molecule has 1 amide bonds. The summed E-state index contributed by atoms with van der Waals surface area (Å²) in [5, 5.41) is 9.22. The normalized spacial score (nSPS) is 11.9. The van der Waals surface area contributed by atoms with Gasteiger partial charge in [0.05, 0.1) is 6.04 Å². The van der Waals surface area contributed by atoms with Gasteiger partial charge >= 0.3 is 5.97 Å². The van der Waals surface area contributed by atoms with Crippen molar-refractivity contribution in [2.45, 2.75) is 32.4 Å². The van der Waals surface area contributed by atoms with Crippen LogP contribution >= 0.6 is 11.6 Å². The molecule has 110 valence electrons. The minimum atomic E-state index is -0.953. The average Bonchev–Trinajstić information content (AvgIpc) is 2.41. The zero-order valence-electron chi connectivity index (χ0n) is 11.4. The summed E-state index contributed by atoms with van der Waals surface area (Å²) in [6, 6.07) is 6.47. The molecule has 0 radical (unpaired) electrons. The highest BCUT2D eigenvalue weighted by Crippen LogP contribution is 2.13. The first-order chi connectivity index (χ1) is 9.43. The fourth-order valence-corrected chi connectivity index (χ4v) is 2.05. The van der Waals surface area contributed by atoms with Crippen LogP contribution in [-0.4, -0.2) is 34.5 Å². The topological polar surface area (TPSA) is 83.6 Å². The summed E-state index contributed by atoms with van der Waals surface area (Å²) < 4.78 is 0. The first kappa shape index (κ1) is 16.5. The molecule has 0 aromatic heterocycles. The van der Waals surface area contributed by atoms with Crippen molar-refractivity contribution >= 4 is 23.5 Å². The van der Waals surface area contributed by atoms with Crippen molar-refractivity contribution in [2.75, 3.05) is 6.54 Å². The molecule has 0 bridgehead atoms. The molecule has 1 aromatic rings. The smallest absolute Gasteiger partial charge is 0.303 e. The van der Waals surface area contributed by atoms with E-state index in [9.17, 15) is 9.59 Å². The lowest BCUT2D eigenvalue weighted by Crippen LogP contribution is -2.43. The van der Waals surface area contributed by atoms with Crippen LogP contribution in [0.5, 0.6) is 0 Å². The van der Waals surface area contributed by atoms with Gasteiger partial charge in [-0.05, 0) is 31.0 Å². The zero-order valence-corrected chi connectivity index (χ0v) is 12.1. The molecule has 5 nitrogen and oxygen atoms in total. The lowest BCUT2D eigenvalue weighted by atomic mass is 10.1. The Morgan fingerprint density at radius 2 is 2.15 bits per heavy atom. The number of hydrogen-bond acceptors (Lipinski definition) is 3. The summed E-state index contributed by atoms with van der Waals surface area (Å²) in [7, 11) is 0. The first-order valence-corrected chi connectivity index (χ1v) is 6.82. The Hall–Kier alpha value is -1.59. The monoisotopic (exact) mass is 298 g/mol. The number of carboxylic acids is 1. The van der Waals surface area contributed by atoms with Crippen molar-refractivity contribution in [1.82, 2.24) is 4.90 Å². The van der Waals surface area contributed by atoms with Gasteiger partial charge in [-0.1, -0.05) is 23.7 Å². The van der Waals surface area contributed by atoms with E-state index in [2.05, 4.69) is 0 Å². The van der Waals surface area contributed by atoms with Crippen LogP contribution in [0.2, 0.25) is 5.02 Å². The molecule has 0 heterocycles. The van der Waals surface area contributed by atoms with Crippen molar-refractivity contribution in [3.05, 3.63) is 34.9 Å².